The van der Waals surface area contributed by atoms with Crippen LogP contribution in [0.3, 0.4) is 0 Å². The van der Waals surface area contributed by atoms with Gasteiger partial charge in [0.1, 0.15) is 28.7 Å². The maximum atomic E-state index is 13.7. The number of halogens is 5. The minimum Gasteiger partial charge on any atom is -0.456 e. The normalized spacial score (nSPS) is 14.9. The highest BCUT2D eigenvalue weighted by atomic mass is 35.5. The third-order valence-electron chi connectivity index (χ3n) is 6.82. The number of rotatable bonds is 7. The number of hydrogen-bond acceptors (Lipinski definition) is 6. The number of aryl methyl sites for hydroxylation is 1. The molecular formula is C30H31ClF4N4O6S. The van der Waals surface area contributed by atoms with E-state index in [4.69, 9.17) is 21.1 Å². The molecular weight excluding hydrogens is 656 g/mol. The second kappa shape index (κ2) is 13.8. The molecule has 2 amide bonds. The monoisotopic (exact) mass is 686 g/mol. The van der Waals surface area contributed by atoms with Crippen LogP contribution in [0, 0.1) is 12.7 Å². The summed E-state index contributed by atoms with van der Waals surface area (Å²) < 4.78 is 89.4. The molecule has 248 valence electrons. The number of alkyl halides is 3. The maximum Gasteiger partial charge on any atom is 0.417 e. The molecule has 1 aliphatic rings. The molecule has 0 saturated carbocycles. The standard InChI is InChI=1S/C30H31ClF4N4O6S/c1-17-13-18(32)5-6-24(17)44-25-16-22(30(33,34)35)23(31)15-21(25)27(40)37-19-7-10-36-26(14-19)39(46(42)43)20-8-11-38(12-9-20)28(41)45-29(2,3)4/h5-7,10,13-16,20H,8-9,11-12H2,1-4H3,(H,42,43)(H,36,37,40). The number of likely N-dealkylation sites (tertiary alicyclic amines) is 1. The Bertz CT molecular complexity index is 1640. The van der Waals surface area contributed by atoms with Crippen LogP contribution in [-0.4, -0.2) is 55.4 Å². The highest BCUT2D eigenvalue weighted by Gasteiger charge is 2.36. The molecule has 2 aromatic carbocycles. The van der Waals surface area contributed by atoms with Crippen LogP contribution in [0.4, 0.5) is 33.9 Å². The number of carbonyl (C=O) groups is 2. The van der Waals surface area contributed by atoms with E-state index in [2.05, 4.69) is 10.3 Å². The van der Waals surface area contributed by atoms with E-state index >= 15 is 0 Å². The number of amides is 2. The molecule has 1 unspecified atom stereocenters. The van der Waals surface area contributed by atoms with E-state index in [1.165, 1.54) is 36.2 Å². The summed E-state index contributed by atoms with van der Waals surface area (Å²) in [5, 5.41) is 1.78. The first-order valence-corrected chi connectivity index (χ1v) is 15.4. The number of aromatic nitrogens is 1. The Morgan fingerprint density at radius 2 is 1.76 bits per heavy atom. The van der Waals surface area contributed by atoms with Gasteiger partial charge in [-0.2, -0.15) is 13.2 Å². The van der Waals surface area contributed by atoms with Crippen LogP contribution in [0.25, 0.3) is 0 Å². The van der Waals surface area contributed by atoms with Crippen LogP contribution in [-0.2, 0) is 22.2 Å². The molecule has 46 heavy (non-hydrogen) atoms. The molecule has 1 fully saturated rings. The number of nitrogens with zero attached hydrogens (tertiary/aromatic N) is 3. The van der Waals surface area contributed by atoms with Crippen molar-refractivity contribution in [3.8, 4) is 11.5 Å². The smallest absolute Gasteiger partial charge is 0.417 e. The summed E-state index contributed by atoms with van der Waals surface area (Å²) in [6.07, 6.45) is -3.45. The fourth-order valence-electron chi connectivity index (χ4n) is 4.70. The lowest BCUT2D eigenvalue weighted by Crippen LogP contribution is -2.48. The van der Waals surface area contributed by atoms with Crippen LogP contribution in [0.1, 0.15) is 55.1 Å². The highest BCUT2D eigenvalue weighted by Crippen LogP contribution is 2.40. The largest absolute Gasteiger partial charge is 0.456 e. The van der Waals surface area contributed by atoms with Gasteiger partial charge in [-0.25, -0.2) is 22.7 Å². The van der Waals surface area contributed by atoms with Crippen molar-refractivity contribution in [2.24, 2.45) is 0 Å². The number of benzene rings is 2. The van der Waals surface area contributed by atoms with Crippen molar-refractivity contribution in [2.45, 2.75) is 58.4 Å². The summed E-state index contributed by atoms with van der Waals surface area (Å²) in [7, 11) is 0. The lowest BCUT2D eigenvalue weighted by Gasteiger charge is -2.37. The third kappa shape index (κ3) is 8.65. The van der Waals surface area contributed by atoms with Gasteiger partial charge in [-0.3, -0.25) is 9.35 Å². The minimum absolute atomic E-state index is 0.0101. The number of ether oxygens (including phenoxy) is 2. The molecule has 0 radical (unpaired) electrons. The fraction of sp³-hybridized carbons (Fsp3) is 0.367. The fourth-order valence-corrected chi connectivity index (χ4v) is 5.69. The Labute approximate surface area is 270 Å². The summed E-state index contributed by atoms with van der Waals surface area (Å²) in [6, 6.07) is 6.97. The number of anilines is 2. The Morgan fingerprint density at radius 3 is 2.35 bits per heavy atom. The summed E-state index contributed by atoms with van der Waals surface area (Å²) in [6.45, 7) is 7.24. The molecule has 2 N–H and O–H groups in total. The average Bonchev–Trinajstić information content (AvgIpc) is 2.94. The van der Waals surface area contributed by atoms with Crippen molar-refractivity contribution in [1.82, 2.24) is 9.88 Å². The van der Waals surface area contributed by atoms with Crippen molar-refractivity contribution in [1.29, 1.82) is 0 Å². The van der Waals surface area contributed by atoms with E-state index in [1.54, 1.807) is 20.8 Å². The first kappa shape index (κ1) is 34.9. The van der Waals surface area contributed by atoms with Crippen molar-refractivity contribution < 1.29 is 45.4 Å². The van der Waals surface area contributed by atoms with Gasteiger partial charge in [0.05, 0.1) is 16.1 Å². The lowest BCUT2D eigenvalue weighted by atomic mass is 10.1. The van der Waals surface area contributed by atoms with Gasteiger partial charge in [-0.05, 0) is 82.5 Å². The van der Waals surface area contributed by atoms with Crippen LogP contribution in [0.15, 0.2) is 48.7 Å². The van der Waals surface area contributed by atoms with Crippen LogP contribution in [0.2, 0.25) is 5.02 Å². The van der Waals surface area contributed by atoms with Crippen LogP contribution < -0.4 is 14.4 Å². The number of nitrogens with one attached hydrogen (secondary N) is 1. The lowest BCUT2D eigenvalue weighted by molar-refractivity contribution is -0.137. The minimum atomic E-state index is -4.87. The Kier molecular flexibility index (Phi) is 10.5. The molecule has 1 saturated heterocycles. The van der Waals surface area contributed by atoms with Gasteiger partial charge in [-0.1, -0.05) is 11.6 Å². The molecule has 1 aliphatic heterocycles. The summed E-state index contributed by atoms with van der Waals surface area (Å²) in [5.74, 6) is -1.96. The molecule has 10 nitrogen and oxygen atoms in total. The first-order valence-electron chi connectivity index (χ1n) is 13.9. The molecule has 3 aromatic rings. The number of piperidine rings is 1. The van der Waals surface area contributed by atoms with Gasteiger partial charge >= 0.3 is 12.3 Å². The van der Waals surface area contributed by atoms with Gasteiger partial charge in [0.2, 0.25) is 0 Å². The highest BCUT2D eigenvalue weighted by molar-refractivity contribution is 7.80. The SMILES string of the molecule is Cc1cc(F)ccc1Oc1cc(C(F)(F)F)c(Cl)cc1C(=O)Nc1ccnc(N(C2CCN(C(=O)OC(C)(C)C)CC2)S(=O)O)c1. The van der Waals surface area contributed by atoms with E-state index in [0.717, 1.165) is 22.5 Å². The Morgan fingerprint density at radius 1 is 1.09 bits per heavy atom. The quantitative estimate of drug-likeness (QED) is 0.194. The number of hydrogen-bond donors (Lipinski definition) is 2. The molecule has 0 bridgehead atoms. The predicted molar refractivity (Wildman–Crippen MR) is 164 cm³/mol. The second-order valence-corrected chi connectivity index (χ2v) is 12.7. The molecule has 0 aliphatic carbocycles. The third-order valence-corrected chi connectivity index (χ3v) is 7.96. The van der Waals surface area contributed by atoms with Crippen molar-refractivity contribution >= 4 is 46.4 Å². The van der Waals surface area contributed by atoms with Crippen molar-refractivity contribution in [3.05, 3.63) is 76.2 Å². The van der Waals surface area contributed by atoms with Gasteiger partial charge in [0.25, 0.3) is 17.2 Å². The Balaban J connectivity index is 1.58. The van der Waals surface area contributed by atoms with Gasteiger partial charge in [0, 0.05) is 37.1 Å². The van der Waals surface area contributed by atoms with Gasteiger partial charge in [-0.15, -0.1) is 0 Å². The van der Waals surface area contributed by atoms with E-state index < -0.39 is 63.2 Å². The average molecular weight is 687 g/mol. The molecule has 16 heteroatoms. The van der Waals surface area contributed by atoms with Crippen LogP contribution in [0.5, 0.6) is 11.5 Å². The van der Waals surface area contributed by atoms with Crippen molar-refractivity contribution in [2.75, 3.05) is 22.7 Å². The molecule has 1 aromatic heterocycles. The number of pyridine rings is 1. The van der Waals surface area contributed by atoms with E-state index in [-0.39, 0.29) is 41.5 Å². The van der Waals surface area contributed by atoms with E-state index in [9.17, 15) is 35.9 Å². The van der Waals surface area contributed by atoms with Gasteiger partial charge in [0.15, 0.2) is 0 Å². The molecule has 0 spiro atoms. The maximum absolute atomic E-state index is 13.7. The van der Waals surface area contributed by atoms with Crippen LogP contribution >= 0.6 is 11.6 Å². The first-order chi connectivity index (χ1) is 21.4. The van der Waals surface area contributed by atoms with Crippen molar-refractivity contribution in [3.63, 3.8) is 0 Å². The zero-order chi connectivity index (χ0) is 34.0. The second-order valence-electron chi connectivity index (χ2n) is 11.4. The zero-order valence-corrected chi connectivity index (χ0v) is 26.7. The summed E-state index contributed by atoms with van der Waals surface area (Å²) >= 11 is 3.38. The molecule has 4 rings (SSSR count). The van der Waals surface area contributed by atoms with Gasteiger partial charge < -0.3 is 19.7 Å². The topological polar surface area (TPSA) is 121 Å². The number of carbonyl (C=O) groups excluding carboxylic acids is 2. The summed E-state index contributed by atoms with van der Waals surface area (Å²) in [5.41, 5.74) is -1.93. The molecule has 2 heterocycles. The zero-order valence-electron chi connectivity index (χ0n) is 25.2. The molecule has 1 atom stereocenters. The van der Waals surface area contributed by atoms with E-state index in [0.29, 0.717) is 18.9 Å². The van der Waals surface area contributed by atoms with E-state index in [1.807, 2.05) is 0 Å². The summed E-state index contributed by atoms with van der Waals surface area (Å²) in [4.78, 5) is 31.5. The Hall–Kier alpha value is -3.95. The predicted octanol–water partition coefficient (Wildman–Crippen LogP) is 7.59.